The minimum absolute atomic E-state index is 0.270. The molecule has 6 heteroatoms. The number of ether oxygens (including phenoxy) is 1. The van der Waals surface area contributed by atoms with E-state index in [0.29, 0.717) is 11.1 Å². The summed E-state index contributed by atoms with van der Waals surface area (Å²) in [6.07, 6.45) is 0. The van der Waals surface area contributed by atoms with Gasteiger partial charge in [0.15, 0.2) is 0 Å². The lowest BCUT2D eigenvalue weighted by atomic mass is 10.2. The Kier molecular flexibility index (Phi) is 8.14. The molecule has 1 N–H and O–H groups in total. The van der Waals surface area contributed by atoms with Crippen molar-refractivity contribution in [2.75, 3.05) is 0 Å². The van der Waals surface area contributed by atoms with E-state index in [0.717, 1.165) is 7.14 Å². The zero-order chi connectivity index (χ0) is 18.3. The van der Waals surface area contributed by atoms with Gasteiger partial charge in [-0.15, -0.1) is 0 Å². The molecule has 0 saturated heterocycles. The maximum absolute atomic E-state index is 11.5. The van der Waals surface area contributed by atoms with Gasteiger partial charge in [-0.05, 0) is 114 Å². The number of hydrogen-bond acceptors (Lipinski definition) is 3. The maximum atomic E-state index is 11.5. The number of hydrogen-bond donors (Lipinski definition) is 1. The third-order valence-electron chi connectivity index (χ3n) is 2.57. The van der Waals surface area contributed by atoms with Gasteiger partial charge < -0.3 is 9.84 Å². The SMILES string of the molecule is CC(C)(C)OC(=O)c1ccc(I)cc1.O=C(O)c1ccc(I)cc1. The molecule has 0 saturated carbocycles. The van der Waals surface area contributed by atoms with E-state index in [4.69, 9.17) is 9.84 Å². The summed E-state index contributed by atoms with van der Waals surface area (Å²) in [5.74, 6) is -1.15. The predicted octanol–water partition coefficient (Wildman–Crippen LogP) is 5.24. The van der Waals surface area contributed by atoms with Crippen LogP contribution in [0.5, 0.6) is 0 Å². The topological polar surface area (TPSA) is 63.6 Å². The van der Waals surface area contributed by atoms with Gasteiger partial charge >= 0.3 is 11.9 Å². The third-order valence-corrected chi connectivity index (χ3v) is 4.01. The van der Waals surface area contributed by atoms with E-state index in [9.17, 15) is 9.59 Å². The Morgan fingerprint density at radius 3 is 1.54 bits per heavy atom. The molecule has 0 aliphatic heterocycles. The molecule has 4 nitrogen and oxygen atoms in total. The largest absolute Gasteiger partial charge is 0.478 e. The van der Waals surface area contributed by atoms with E-state index >= 15 is 0 Å². The van der Waals surface area contributed by atoms with Gasteiger partial charge in [-0.25, -0.2) is 9.59 Å². The Bertz CT molecular complexity index is 686. The summed E-state index contributed by atoms with van der Waals surface area (Å²) >= 11 is 4.32. The molecule has 0 aromatic heterocycles. The second-order valence-electron chi connectivity index (χ2n) is 5.82. The summed E-state index contributed by atoms with van der Waals surface area (Å²) in [6, 6.07) is 14.0. The van der Waals surface area contributed by atoms with Crippen LogP contribution in [-0.2, 0) is 4.74 Å². The number of halogens is 2. The lowest BCUT2D eigenvalue weighted by Crippen LogP contribution is -2.23. The van der Waals surface area contributed by atoms with E-state index in [-0.39, 0.29) is 5.97 Å². The Labute approximate surface area is 168 Å². The Morgan fingerprint density at radius 1 is 0.833 bits per heavy atom. The fraction of sp³-hybridized carbons (Fsp3) is 0.222. The van der Waals surface area contributed by atoms with Gasteiger partial charge in [-0.1, -0.05) is 0 Å². The first-order valence-corrected chi connectivity index (χ1v) is 9.22. The van der Waals surface area contributed by atoms with Gasteiger partial charge in [0.25, 0.3) is 0 Å². The quantitative estimate of drug-likeness (QED) is 0.410. The van der Waals surface area contributed by atoms with E-state index in [1.165, 1.54) is 0 Å². The molecule has 0 fully saturated rings. The molecule has 0 heterocycles. The highest BCUT2D eigenvalue weighted by atomic mass is 127. The summed E-state index contributed by atoms with van der Waals surface area (Å²) in [5, 5.41) is 8.47. The van der Waals surface area contributed by atoms with Gasteiger partial charge in [0, 0.05) is 7.14 Å². The molecule has 0 spiro atoms. The number of rotatable bonds is 2. The van der Waals surface area contributed by atoms with Gasteiger partial charge in [0.1, 0.15) is 5.60 Å². The van der Waals surface area contributed by atoms with E-state index in [1.54, 1.807) is 36.4 Å². The van der Waals surface area contributed by atoms with Gasteiger partial charge in [0.05, 0.1) is 11.1 Å². The number of carboxylic acids is 1. The van der Waals surface area contributed by atoms with Crippen LogP contribution in [0.25, 0.3) is 0 Å². The van der Waals surface area contributed by atoms with Crippen molar-refractivity contribution in [3.63, 3.8) is 0 Å². The molecule has 0 aliphatic rings. The highest BCUT2D eigenvalue weighted by molar-refractivity contribution is 14.1. The predicted molar refractivity (Wildman–Crippen MR) is 110 cm³/mol. The first kappa shape index (κ1) is 20.9. The van der Waals surface area contributed by atoms with Crippen LogP contribution in [0.3, 0.4) is 0 Å². The standard InChI is InChI=1S/C11H13IO2.C7H5IO2/c1-11(2,3)14-10(13)8-4-6-9(12)7-5-8;8-6-3-1-5(2-4-6)7(9)10/h4-7H,1-3H3;1-4H,(H,9,10). The van der Waals surface area contributed by atoms with Crippen LogP contribution < -0.4 is 0 Å². The Morgan fingerprint density at radius 2 is 1.21 bits per heavy atom. The van der Waals surface area contributed by atoms with Crippen LogP contribution in [0, 0.1) is 7.14 Å². The molecule has 128 valence electrons. The van der Waals surface area contributed by atoms with Crippen molar-refractivity contribution >= 4 is 57.1 Å². The molecule has 0 radical (unpaired) electrons. The van der Waals surface area contributed by atoms with Crippen molar-refractivity contribution < 1.29 is 19.4 Å². The summed E-state index contributed by atoms with van der Waals surface area (Å²) in [4.78, 5) is 21.9. The molecule has 0 atom stereocenters. The average molecular weight is 552 g/mol. The lowest BCUT2D eigenvalue weighted by molar-refractivity contribution is 0.00693. The van der Waals surface area contributed by atoms with Crippen molar-refractivity contribution in [2.24, 2.45) is 0 Å². The molecule has 2 rings (SSSR count). The zero-order valence-electron chi connectivity index (χ0n) is 13.5. The van der Waals surface area contributed by atoms with Crippen LogP contribution in [0.15, 0.2) is 48.5 Å². The van der Waals surface area contributed by atoms with Gasteiger partial charge in [0.2, 0.25) is 0 Å². The number of esters is 1. The van der Waals surface area contributed by atoms with E-state index < -0.39 is 11.6 Å². The zero-order valence-corrected chi connectivity index (χ0v) is 17.9. The Balaban J connectivity index is 0.000000254. The number of benzene rings is 2. The molecule has 0 unspecified atom stereocenters. The highest BCUT2D eigenvalue weighted by Crippen LogP contribution is 2.13. The number of aromatic carboxylic acids is 1. The molecule has 0 bridgehead atoms. The van der Waals surface area contributed by atoms with Crippen molar-refractivity contribution in [1.82, 2.24) is 0 Å². The van der Waals surface area contributed by atoms with Crippen molar-refractivity contribution in [2.45, 2.75) is 26.4 Å². The minimum atomic E-state index is -0.878. The smallest absolute Gasteiger partial charge is 0.338 e. The fourth-order valence-corrected chi connectivity index (χ4v) is 2.23. The molecule has 2 aromatic carbocycles. The molecule has 2 aromatic rings. The first-order chi connectivity index (χ1) is 11.1. The second-order valence-corrected chi connectivity index (χ2v) is 8.31. The normalized spacial score (nSPS) is 10.4. The van der Waals surface area contributed by atoms with Crippen molar-refractivity contribution in [1.29, 1.82) is 0 Å². The Hall–Kier alpha value is -1.16. The summed E-state index contributed by atoms with van der Waals surface area (Å²) in [6.45, 7) is 5.58. The van der Waals surface area contributed by atoms with Gasteiger partial charge in [-0.3, -0.25) is 0 Å². The fourth-order valence-electron chi connectivity index (χ4n) is 1.52. The molecular formula is C18H18I2O4. The summed E-state index contributed by atoms with van der Waals surface area (Å²) < 4.78 is 7.37. The van der Waals surface area contributed by atoms with E-state index in [1.807, 2.05) is 32.9 Å². The van der Waals surface area contributed by atoms with Gasteiger partial charge in [-0.2, -0.15) is 0 Å². The molecule has 0 aliphatic carbocycles. The first-order valence-electron chi connectivity index (χ1n) is 7.06. The van der Waals surface area contributed by atoms with Crippen LogP contribution in [0.4, 0.5) is 0 Å². The van der Waals surface area contributed by atoms with Crippen LogP contribution >= 0.6 is 45.2 Å². The van der Waals surface area contributed by atoms with Crippen molar-refractivity contribution in [3.8, 4) is 0 Å². The molecule has 0 amide bonds. The number of carbonyl (C=O) groups is 2. The maximum Gasteiger partial charge on any atom is 0.338 e. The van der Waals surface area contributed by atoms with Crippen molar-refractivity contribution in [3.05, 3.63) is 66.8 Å². The van der Waals surface area contributed by atoms with E-state index in [2.05, 4.69) is 45.2 Å². The average Bonchev–Trinajstić information content (AvgIpc) is 2.47. The molecule has 24 heavy (non-hydrogen) atoms. The summed E-state index contributed by atoms with van der Waals surface area (Å²) in [5.41, 5.74) is 0.501. The third kappa shape index (κ3) is 8.09. The lowest BCUT2D eigenvalue weighted by Gasteiger charge is -2.19. The monoisotopic (exact) mass is 552 g/mol. The number of carbonyl (C=O) groups excluding carboxylic acids is 1. The number of carboxylic acid groups (broad SMARTS) is 1. The van der Waals surface area contributed by atoms with Crippen LogP contribution in [-0.4, -0.2) is 22.6 Å². The highest BCUT2D eigenvalue weighted by Gasteiger charge is 2.17. The second kappa shape index (κ2) is 9.36. The van der Waals surface area contributed by atoms with Crippen LogP contribution in [0.2, 0.25) is 0 Å². The summed E-state index contributed by atoms with van der Waals surface area (Å²) in [7, 11) is 0. The van der Waals surface area contributed by atoms with Crippen LogP contribution in [0.1, 0.15) is 41.5 Å². The minimum Gasteiger partial charge on any atom is -0.478 e. The molecular weight excluding hydrogens is 534 g/mol.